The average molecular weight is 528 g/mol. The minimum atomic E-state index is -0.0781. The maximum atomic E-state index is 11.2. The zero-order valence-corrected chi connectivity index (χ0v) is 21.7. The zero-order chi connectivity index (χ0) is 21.6. The van der Waals surface area contributed by atoms with E-state index in [-0.39, 0.29) is 36.8 Å². The molecule has 1 unspecified atom stereocenters. The van der Waals surface area contributed by atoms with Gasteiger partial charge in [0.2, 0.25) is 5.91 Å². The molecule has 1 aliphatic heterocycles. The number of piperazine rings is 1. The van der Waals surface area contributed by atoms with E-state index >= 15 is 0 Å². The number of amides is 1. The molecule has 1 fully saturated rings. The number of nitrogens with one attached hydrogen (secondary N) is 1. The molecule has 1 amide bonds. The number of aromatic nitrogens is 1. The lowest BCUT2D eigenvalue weighted by molar-refractivity contribution is -0.114. The fourth-order valence-electron chi connectivity index (χ4n) is 4.04. The molecule has 4 rings (SSSR count). The van der Waals surface area contributed by atoms with Crippen molar-refractivity contribution < 1.29 is 4.79 Å². The highest BCUT2D eigenvalue weighted by Crippen LogP contribution is 2.30. The highest BCUT2D eigenvalue weighted by atomic mass is 35.5. The van der Waals surface area contributed by atoms with Gasteiger partial charge in [0.25, 0.3) is 0 Å². The lowest BCUT2D eigenvalue weighted by Crippen LogP contribution is -2.48. The molecular formula is C24H29Cl3N4OS. The first-order valence-electron chi connectivity index (χ1n) is 10.6. The largest absolute Gasteiger partial charge is 0.302 e. The summed E-state index contributed by atoms with van der Waals surface area (Å²) in [7, 11) is 0. The molecule has 1 saturated heterocycles. The van der Waals surface area contributed by atoms with Gasteiger partial charge in [-0.05, 0) is 23.3 Å². The summed E-state index contributed by atoms with van der Waals surface area (Å²) in [5.74, 6) is -0.0781. The molecule has 1 N–H and O–H groups in total. The van der Waals surface area contributed by atoms with E-state index < -0.39 is 0 Å². The molecule has 3 aromatic rings. The van der Waals surface area contributed by atoms with Crippen LogP contribution < -0.4 is 5.32 Å². The first-order valence-corrected chi connectivity index (χ1v) is 11.8. The van der Waals surface area contributed by atoms with Crippen LogP contribution in [0.3, 0.4) is 0 Å². The molecule has 1 aromatic heterocycles. The van der Waals surface area contributed by atoms with Gasteiger partial charge in [-0.2, -0.15) is 0 Å². The number of carbonyl (C=O) groups is 1. The van der Waals surface area contributed by atoms with E-state index in [1.165, 1.54) is 29.4 Å². The van der Waals surface area contributed by atoms with Crippen LogP contribution in [0, 0.1) is 0 Å². The fourth-order valence-corrected chi connectivity index (χ4v) is 4.96. The Kier molecular flexibility index (Phi) is 11.1. The topological polar surface area (TPSA) is 48.5 Å². The Morgan fingerprint density at radius 2 is 1.67 bits per heavy atom. The van der Waals surface area contributed by atoms with Crippen molar-refractivity contribution >= 4 is 58.8 Å². The Morgan fingerprint density at radius 3 is 2.30 bits per heavy atom. The van der Waals surface area contributed by atoms with Crippen molar-refractivity contribution in [3.8, 4) is 0 Å². The Morgan fingerprint density at radius 1 is 1.03 bits per heavy atom. The highest BCUT2D eigenvalue weighted by Gasteiger charge is 2.26. The summed E-state index contributed by atoms with van der Waals surface area (Å²) < 4.78 is 0. The molecular weight excluding hydrogens is 499 g/mol. The number of hydrogen-bond acceptors (Lipinski definition) is 5. The molecule has 2 aromatic carbocycles. The number of nitrogens with zero attached hydrogens (tertiary/aromatic N) is 3. The lowest BCUT2D eigenvalue weighted by Gasteiger charge is -2.39. The Labute approximate surface area is 217 Å². The van der Waals surface area contributed by atoms with Gasteiger partial charge in [-0.25, -0.2) is 4.98 Å². The standard InChI is InChI=1S/C24H27ClN4OS.2ClH/c1-18(30)26-24-27-22(17-31-24)11-12-28-13-15-29(16-14-28)23(19-5-3-2-4-6-19)20-7-9-21(25)10-8-20;;/h2-10,17,23H,11-16H2,1H3,(H,26,27,30);2*1H. The predicted molar refractivity (Wildman–Crippen MR) is 142 cm³/mol. The molecule has 9 heteroatoms. The van der Waals surface area contributed by atoms with Crippen LogP contribution in [0.2, 0.25) is 5.02 Å². The fraction of sp³-hybridized carbons (Fsp3) is 0.333. The third kappa shape index (κ3) is 7.67. The minimum Gasteiger partial charge on any atom is -0.302 e. The van der Waals surface area contributed by atoms with Gasteiger partial charge in [0.05, 0.1) is 11.7 Å². The van der Waals surface area contributed by atoms with Gasteiger partial charge in [0.1, 0.15) is 0 Å². The molecule has 33 heavy (non-hydrogen) atoms. The third-order valence-electron chi connectivity index (χ3n) is 5.59. The second-order valence-corrected chi connectivity index (χ2v) is 9.11. The molecule has 5 nitrogen and oxygen atoms in total. The average Bonchev–Trinajstić information content (AvgIpc) is 3.22. The molecule has 0 saturated carbocycles. The Hall–Kier alpha value is -1.67. The van der Waals surface area contributed by atoms with Gasteiger partial charge in [0, 0.05) is 56.5 Å². The minimum absolute atomic E-state index is 0. The van der Waals surface area contributed by atoms with Crippen LogP contribution in [-0.4, -0.2) is 53.4 Å². The summed E-state index contributed by atoms with van der Waals surface area (Å²) >= 11 is 7.62. The first kappa shape index (κ1) is 27.6. The van der Waals surface area contributed by atoms with E-state index in [0.717, 1.165) is 49.9 Å². The highest BCUT2D eigenvalue weighted by molar-refractivity contribution is 7.13. The Bertz CT molecular complexity index is 992. The summed E-state index contributed by atoms with van der Waals surface area (Å²) in [5, 5.41) is 6.24. The molecule has 2 heterocycles. The number of rotatable bonds is 7. The summed E-state index contributed by atoms with van der Waals surface area (Å²) in [6.45, 7) is 6.56. The van der Waals surface area contributed by atoms with Crippen LogP contribution >= 0.6 is 47.8 Å². The predicted octanol–water partition coefficient (Wildman–Crippen LogP) is 5.55. The van der Waals surface area contributed by atoms with Crippen molar-refractivity contribution in [2.45, 2.75) is 19.4 Å². The van der Waals surface area contributed by atoms with Gasteiger partial charge in [-0.3, -0.25) is 9.69 Å². The molecule has 0 bridgehead atoms. The molecule has 0 radical (unpaired) electrons. The van der Waals surface area contributed by atoms with Crippen molar-refractivity contribution in [1.29, 1.82) is 0 Å². The van der Waals surface area contributed by atoms with Crippen LogP contribution in [-0.2, 0) is 11.2 Å². The number of anilines is 1. The van der Waals surface area contributed by atoms with E-state index in [1.807, 2.05) is 17.5 Å². The van der Waals surface area contributed by atoms with Crippen LogP contribution in [0.1, 0.15) is 29.8 Å². The first-order chi connectivity index (χ1) is 15.1. The van der Waals surface area contributed by atoms with Gasteiger partial charge in [-0.15, -0.1) is 36.2 Å². The molecule has 1 aliphatic rings. The smallest absolute Gasteiger partial charge is 0.223 e. The molecule has 178 valence electrons. The number of halogens is 3. The maximum absolute atomic E-state index is 11.2. The van der Waals surface area contributed by atoms with Crippen LogP contribution in [0.5, 0.6) is 0 Å². The summed E-state index contributed by atoms with van der Waals surface area (Å²) in [4.78, 5) is 20.7. The second kappa shape index (κ2) is 13.3. The van der Waals surface area contributed by atoms with Crippen molar-refractivity contribution in [3.05, 3.63) is 81.8 Å². The Balaban J connectivity index is 0.00000193. The van der Waals surface area contributed by atoms with Crippen LogP contribution in [0.25, 0.3) is 0 Å². The van der Waals surface area contributed by atoms with Gasteiger partial charge in [0.15, 0.2) is 5.13 Å². The number of hydrogen-bond donors (Lipinski definition) is 1. The second-order valence-electron chi connectivity index (χ2n) is 7.82. The maximum Gasteiger partial charge on any atom is 0.223 e. The third-order valence-corrected chi connectivity index (χ3v) is 6.65. The normalized spacial score (nSPS) is 15.2. The zero-order valence-electron chi connectivity index (χ0n) is 18.4. The molecule has 0 spiro atoms. The van der Waals surface area contributed by atoms with Crippen molar-refractivity contribution in [1.82, 2.24) is 14.8 Å². The monoisotopic (exact) mass is 526 g/mol. The lowest BCUT2D eigenvalue weighted by atomic mass is 9.96. The van der Waals surface area contributed by atoms with Gasteiger partial charge >= 0.3 is 0 Å². The van der Waals surface area contributed by atoms with Gasteiger partial charge in [-0.1, -0.05) is 54.1 Å². The quantitative estimate of drug-likeness (QED) is 0.438. The molecule has 0 aliphatic carbocycles. The van der Waals surface area contributed by atoms with E-state index in [2.05, 4.69) is 62.6 Å². The summed E-state index contributed by atoms with van der Waals surface area (Å²) in [6.07, 6.45) is 0.898. The van der Waals surface area contributed by atoms with Crippen molar-refractivity contribution in [2.75, 3.05) is 38.0 Å². The van der Waals surface area contributed by atoms with Crippen LogP contribution in [0.15, 0.2) is 60.0 Å². The number of benzene rings is 2. The summed E-state index contributed by atoms with van der Waals surface area (Å²) in [6, 6.07) is 19.2. The van der Waals surface area contributed by atoms with E-state index in [0.29, 0.717) is 5.13 Å². The van der Waals surface area contributed by atoms with Gasteiger partial charge < -0.3 is 10.2 Å². The van der Waals surface area contributed by atoms with Crippen molar-refractivity contribution in [3.63, 3.8) is 0 Å². The number of thiazole rings is 1. The number of carbonyl (C=O) groups excluding carboxylic acids is 1. The van der Waals surface area contributed by atoms with E-state index in [4.69, 9.17) is 11.6 Å². The van der Waals surface area contributed by atoms with Crippen molar-refractivity contribution in [2.24, 2.45) is 0 Å². The van der Waals surface area contributed by atoms with Crippen LogP contribution in [0.4, 0.5) is 5.13 Å². The van der Waals surface area contributed by atoms with E-state index in [1.54, 1.807) is 0 Å². The van der Waals surface area contributed by atoms with E-state index in [9.17, 15) is 4.79 Å². The SMILES string of the molecule is CC(=O)Nc1nc(CCN2CCN(C(c3ccccc3)c3ccc(Cl)cc3)CC2)cs1.Cl.Cl. The molecule has 1 atom stereocenters. The summed E-state index contributed by atoms with van der Waals surface area (Å²) in [5.41, 5.74) is 3.63.